The fourth-order valence-corrected chi connectivity index (χ4v) is 9.90. The number of rotatable bonds is 4. The molecule has 0 amide bonds. The highest BCUT2D eigenvalue weighted by atomic mass is 16.3. The Morgan fingerprint density at radius 3 is 1.63 bits per heavy atom. The number of fused-ring (bicyclic) bond motifs is 12. The second-order valence-electron chi connectivity index (χ2n) is 16.0. The highest BCUT2D eigenvalue weighted by molar-refractivity contribution is 6.12. The zero-order valence-electron chi connectivity index (χ0n) is 33.1. The Morgan fingerprint density at radius 1 is 0.306 bits per heavy atom. The number of furan rings is 1. The number of para-hydroxylation sites is 5. The van der Waals surface area contributed by atoms with Gasteiger partial charge in [-0.15, -0.1) is 0 Å². The number of hydrogen-bond donors (Lipinski definition) is 0. The molecule has 0 saturated carbocycles. The summed E-state index contributed by atoms with van der Waals surface area (Å²) in [6, 6.07) is 67.6. The van der Waals surface area contributed by atoms with E-state index in [4.69, 9.17) is 4.42 Å². The second kappa shape index (κ2) is 13.0. The molecule has 62 heavy (non-hydrogen) atoms. The first-order chi connectivity index (χ1) is 30.6. The van der Waals surface area contributed by atoms with Gasteiger partial charge in [0.05, 0.1) is 33.4 Å². The van der Waals surface area contributed by atoms with Crippen molar-refractivity contribution in [1.29, 1.82) is 0 Å². The van der Waals surface area contributed by atoms with E-state index in [2.05, 4.69) is 95.6 Å². The van der Waals surface area contributed by atoms with E-state index in [0.29, 0.717) is 16.4 Å². The van der Waals surface area contributed by atoms with E-state index in [0.717, 1.165) is 98.9 Å². The van der Waals surface area contributed by atoms with Crippen LogP contribution in [0.25, 0.3) is 115 Å². The lowest BCUT2D eigenvalue weighted by Gasteiger charge is -2.15. The average molecular weight is 796 g/mol. The predicted molar refractivity (Wildman–Crippen MR) is 255 cm³/mol. The van der Waals surface area contributed by atoms with Crippen LogP contribution in [-0.4, -0.2) is 13.7 Å². The molecule has 0 aliphatic heterocycles. The van der Waals surface area contributed by atoms with Crippen LogP contribution >= 0.6 is 0 Å². The Balaban J connectivity index is 0.969. The summed E-state index contributed by atoms with van der Waals surface area (Å²) in [6.07, 6.45) is 0. The van der Waals surface area contributed by atoms with Crippen molar-refractivity contribution >= 4 is 87.1 Å². The zero-order valence-corrected chi connectivity index (χ0v) is 33.1. The summed E-state index contributed by atoms with van der Waals surface area (Å²) in [7, 11) is 0. The summed E-state index contributed by atoms with van der Waals surface area (Å²) < 4.78 is 12.4. The van der Waals surface area contributed by atoms with Crippen LogP contribution < -0.4 is 11.1 Å². The quantitative estimate of drug-likeness (QED) is 0.167. The maximum atomic E-state index is 14.7. The first-order valence-electron chi connectivity index (χ1n) is 20.8. The van der Waals surface area contributed by atoms with Gasteiger partial charge in [0.2, 0.25) is 0 Å². The van der Waals surface area contributed by atoms with Crippen molar-refractivity contribution in [3.05, 3.63) is 221 Å². The van der Waals surface area contributed by atoms with E-state index < -0.39 is 0 Å². The van der Waals surface area contributed by atoms with E-state index in [-0.39, 0.29) is 11.1 Å². The normalized spacial score (nSPS) is 12.0. The van der Waals surface area contributed by atoms with Crippen molar-refractivity contribution in [2.45, 2.75) is 0 Å². The van der Waals surface area contributed by atoms with Gasteiger partial charge in [-0.1, -0.05) is 121 Å². The summed E-state index contributed by atoms with van der Waals surface area (Å²) in [5.41, 5.74) is 9.70. The third kappa shape index (κ3) is 4.86. The fourth-order valence-electron chi connectivity index (χ4n) is 9.90. The Labute approximate surface area is 353 Å². The van der Waals surface area contributed by atoms with Gasteiger partial charge < -0.3 is 8.98 Å². The molecule has 9 aromatic carbocycles. The van der Waals surface area contributed by atoms with Crippen LogP contribution in [0.1, 0.15) is 0 Å². The van der Waals surface area contributed by atoms with E-state index in [1.165, 1.54) is 0 Å². The summed E-state index contributed by atoms with van der Waals surface area (Å²) in [4.78, 5) is 28.9. The first kappa shape index (κ1) is 34.4. The Kier molecular flexibility index (Phi) is 7.22. The number of hydrogen-bond acceptors (Lipinski definition) is 3. The summed E-state index contributed by atoms with van der Waals surface area (Å²) in [6.45, 7) is 0. The van der Waals surface area contributed by atoms with Crippen molar-refractivity contribution in [2.24, 2.45) is 0 Å². The van der Waals surface area contributed by atoms with Gasteiger partial charge in [0, 0.05) is 48.8 Å². The molecule has 0 fully saturated rings. The average Bonchev–Trinajstić information content (AvgIpc) is 3.88. The van der Waals surface area contributed by atoms with Crippen LogP contribution in [0.3, 0.4) is 0 Å². The molecular weight excluding hydrogens is 763 g/mol. The van der Waals surface area contributed by atoms with E-state index >= 15 is 0 Å². The molecule has 0 bridgehead atoms. The van der Waals surface area contributed by atoms with Gasteiger partial charge in [-0.25, -0.2) is 0 Å². The van der Waals surface area contributed by atoms with Gasteiger partial charge in [-0.2, -0.15) is 0 Å². The molecule has 6 nitrogen and oxygen atoms in total. The van der Waals surface area contributed by atoms with Gasteiger partial charge in [0.25, 0.3) is 11.1 Å². The Hall–Kier alpha value is -8.48. The highest BCUT2D eigenvalue weighted by Gasteiger charge is 2.20. The van der Waals surface area contributed by atoms with Gasteiger partial charge in [-0.05, 0) is 101 Å². The standard InChI is InChI=1S/C56H33N3O3/c60-55-44-20-2-1-15-38(44)39-16-3-8-23-49(39)58(55)37-28-30-51-47(33-37)41-18-5-7-22-48(41)57(51)36-14-11-13-34(31-36)35-27-29-45-46(32-35)40-17-4-9-24-50(40)59(56(45)61)52-25-12-21-43-42-19-6-10-26-53(42)62-54(43)52/h1-33H. The van der Waals surface area contributed by atoms with Gasteiger partial charge in [0.1, 0.15) is 5.58 Å². The fraction of sp³-hybridized carbons (Fsp3) is 0. The van der Waals surface area contributed by atoms with Crippen LogP contribution in [0.15, 0.2) is 214 Å². The van der Waals surface area contributed by atoms with Crippen LogP contribution in [0, 0.1) is 0 Å². The molecule has 0 atom stereocenters. The lowest BCUT2D eigenvalue weighted by atomic mass is 9.98. The minimum Gasteiger partial charge on any atom is -0.454 e. The van der Waals surface area contributed by atoms with Crippen molar-refractivity contribution < 1.29 is 4.42 Å². The molecule has 0 saturated heterocycles. The zero-order chi connectivity index (χ0) is 41.1. The lowest BCUT2D eigenvalue weighted by molar-refractivity contribution is 0.665. The summed E-state index contributed by atoms with van der Waals surface area (Å²) in [5.74, 6) is 0. The van der Waals surface area contributed by atoms with Crippen LogP contribution in [0.2, 0.25) is 0 Å². The molecular formula is C56H33N3O3. The largest absolute Gasteiger partial charge is 0.454 e. The minimum atomic E-state index is -0.101. The Bertz CT molecular complexity index is 4170. The third-order valence-corrected chi connectivity index (χ3v) is 12.7. The monoisotopic (exact) mass is 795 g/mol. The van der Waals surface area contributed by atoms with Gasteiger partial charge in [-0.3, -0.25) is 18.7 Å². The molecule has 290 valence electrons. The number of benzene rings is 9. The lowest BCUT2D eigenvalue weighted by Crippen LogP contribution is -2.19. The van der Waals surface area contributed by atoms with E-state index in [1.807, 2.05) is 114 Å². The molecule has 0 unspecified atom stereocenters. The highest BCUT2D eigenvalue weighted by Crippen LogP contribution is 2.38. The topological polar surface area (TPSA) is 62.1 Å². The van der Waals surface area contributed by atoms with E-state index in [9.17, 15) is 9.59 Å². The van der Waals surface area contributed by atoms with Gasteiger partial charge >= 0.3 is 0 Å². The van der Waals surface area contributed by atoms with Crippen molar-refractivity contribution in [3.8, 4) is 28.2 Å². The third-order valence-electron chi connectivity index (χ3n) is 12.7. The molecule has 0 spiro atoms. The molecule has 13 rings (SSSR count). The number of nitrogens with zero attached hydrogens (tertiary/aromatic N) is 3. The predicted octanol–water partition coefficient (Wildman–Crippen LogP) is 13.3. The Morgan fingerprint density at radius 2 is 0.839 bits per heavy atom. The molecule has 4 heterocycles. The van der Waals surface area contributed by atoms with E-state index in [1.54, 1.807) is 4.57 Å². The molecule has 0 N–H and O–H groups in total. The van der Waals surface area contributed by atoms with Crippen LogP contribution in [0.4, 0.5) is 0 Å². The van der Waals surface area contributed by atoms with Crippen molar-refractivity contribution in [2.75, 3.05) is 0 Å². The molecule has 6 heteroatoms. The van der Waals surface area contributed by atoms with Crippen molar-refractivity contribution in [3.63, 3.8) is 0 Å². The van der Waals surface area contributed by atoms with Crippen LogP contribution in [0.5, 0.6) is 0 Å². The van der Waals surface area contributed by atoms with Crippen LogP contribution in [-0.2, 0) is 0 Å². The first-order valence-corrected chi connectivity index (χ1v) is 20.8. The minimum absolute atomic E-state index is 0.0410. The summed E-state index contributed by atoms with van der Waals surface area (Å²) in [5, 5.41) is 9.33. The van der Waals surface area contributed by atoms with Gasteiger partial charge in [0.15, 0.2) is 5.58 Å². The second-order valence-corrected chi connectivity index (χ2v) is 16.0. The number of aromatic nitrogens is 3. The number of pyridine rings is 2. The maximum absolute atomic E-state index is 14.7. The van der Waals surface area contributed by atoms with Crippen molar-refractivity contribution in [1.82, 2.24) is 13.7 Å². The molecule has 0 radical (unpaired) electrons. The smallest absolute Gasteiger partial charge is 0.263 e. The molecule has 4 aromatic heterocycles. The molecule has 0 aliphatic rings. The molecule has 13 aromatic rings. The maximum Gasteiger partial charge on any atom is 0.263 e. The SMILES string of the molecule is O=c1c2ccccc2c2ccccc2n1-c1ccc2c(c1)c1ccccc1n2-c1cccc(-c2ccc3c(=O)n(-c4cccc5c4oc4ccccc45)c4ccccc4c3c2)c1. The molecule has 0 aliphatic carbocycles. The summed E-state index contributed by atoms with van der Waals surface area (Å²) >= 11 is 0.